The highest BCUT2D eigenvalue weighted by Crippen LogP contribution is 2.18. The minimum absolute atomic E-state index is 0.220. The van der Waals surface area contributed by atoms with E-state index in [1.54, 1.807) is 42.7 Å². The first-order valence-electron chi connectivity index (χ1n) is 15.1. The van der Waals surface area contributed by atoms with Gasteiger partial charge in [-0.05, 0) is 58.7 Å². The lowest BCUT2D eigenvalue weighted by molar-refractivity contribution is 0.264. The number of anilines is 1. The lowest BCUT2D eigenvalue weighted by Crippen LogP contribution is -2.36. The summed E-state index contributed by atoms with van der Waals surface area (Å²) in [4.78, 5) is 10.9. The molecule has 0 saturated carbocycles. The van der Waals surface area contributed by atoms with Gasteiger partial charge in [-0.1, -0.05) is 54.6 Å². The molecule has 3 N–H and O–H groups in total. The van der Waals surface area contributed by atoms with Crippen molar-refractivity contribution in [2.45, 2.75) is 26.2 Å². The molecule has 7 nitrogen and oxygen atoms in total. The fourth-order valence-electron chi connectivity index (χ4n) is 4.74. The Morgan fingerprint density at radius 3 is 1.98 bits per heavy atom. The summed E-state index contributed by atoms with van der Waals surface area (Å²) in [6.45, 7) is 6.02. The summed E-state index contributed by atoms with van der Waals surface area (Å²) in [5, 5.41) is 10.3. The number of rotatable bonds is 17. The third-order valence-electron chi connectivity index (χ3n) is 7.18. The van der Waals surface area contributed by atoms with E-state index in [1.807, 2.05) is 30.3 Å². The number of nitrogens with one attached hydrogen (secondary N) is 3. The average molecular weight is 609 g/mol. The van der Waals surface area contributed by atoms with E-state index >= 15 is 0 Å². The van der Waals surface area contributed by atoms with Crippen molar-refractivity contribution in [2.75, 3.05) is 31.5 Å². The first kappa shape index (κ1) is 31.7. The molecule has 232 valence electrons. The van der Waals surface area contributed by atoms with Crippen LogP contribution >= 0.6 is 0 Å². The Balaban J connectivity index is 1.09. The summed E-state index contributed by atoms with van der Waals surface area (Å²) >= 11 is 0. The van der Waals surface area contributed by atoms with E-state index in [0.717, 1.165) is 55.1 Å². The van der Waals surface area contributed by atoms with Crippen LogP contribution in [0.1, 0.15) is 22.3 Å². The molecular weight excluding hydrogens is 570 g/mol. The molecule has 0 amide bonds. The predicted molar refractivity (Wildman–Crippen MR) is 174 cm³/mol. The standard InChI is InChI=1S/C36H38F2N6O/c37-32-13-11-28(12-14-32)23-39-18-20-44(21-19-40-24-31-4-3-5-33(38)22-31)27-30-9-7-29(8-10-30)25-42-34-15-16-36(43-26-34)45-35-6-1-2-17-41-35/h1-17,22,26,39-40,42H,18-21,23-25,27H2. The van der Waals surface area contributed by atoms with Gasteiger partial charge in [0.15, 0.2) is 0 Å². The van der Waals surface area contributed by atoms with Crippen molar-refractivity contribution in [3.63, 3.8) is 0 Å². The maximum Gasteiger partial charge on any atom is 0.221 e. The van der Waals surface area contributed by atoms with E-state index < -0.39 is 0 Å². The molecule has 3 aromatic carbocycles. The van der Waals surface area contributed by atoms with Gasteiger partial charge in [0.05, 0.1) is 11.9 Å². The Morgan fingerprint density at radius 2 is 1.29 bits per heavy atom. The lowest BCUT2D eigenvalue weighted by atomic mass is 10.1. The van der Waals surface area contributed by atoms with Gasteiger partial charge in [0.2, 0.25) is 11.8 Å². The Labute approximate surface area is 263 Å². The SMILES string of the molecule is Fc1ccc(CNCCN(CCNCc2cccc(F)c2)Cc2ccc(CNc3ccc(Oc4ccccn4)nc3)cc2)cc1. The zero-order chi connectivity index (χ0) is 31.1. The van der Waals surface area contributed by atoms with Crippen LogP contribution in [-0.2, 0) is 26.2 Å². The van der Waals surface area contributed by atoms with Crippen molar-refractivity contribution in [1.29, 1.82) is 0 Å². The fourth-order valence-corrected chi connectivity index (χ4v) is 4.74. The molecule has 0 spiro atoms. The van der Waals surface area contributed by atoms with E-state index in [-0.39, 0.29) is 11.6 Å². The maximum absolute atomic E-state index is 13.5. The largest absolute Gasteiger partial charge is 0.421 e. The van der Waals surface area contributed by atoms with Crippen LogP contribution < -0.4 is 20.7 Å². The smallest absolute Gasteiger partial charge is 0.221 e. The molecule has 5 aromatic rings. The van der Waals surface area contributed by atoms with Crippen molar-refractivity contribution < 1.29 is 13.5 Å². The number of ether oxygens (including phenoxy) is 1. The Bertz CT molecular complexity index is 1570. The van der Waals surface area contributed by atoms with Crippen LogP contribution in [0.5, 0.6) is 11.8 Å². The monoisotopic (exact) mass is 608 g/mol. The Hall–Kier alpha value is -4.70. The van der Waals surface area contributed by atoms with Gasteiger partial charge in [0.25, 0.3) is 0 Å². The second kappa shape index (κ2) is 17.0. The number of pyridine rings is 2. The molecule has 0 aliphatic carbocycles. The molecule has 45 heavy (non-hydrogen) atoms. The second-order valence-corrected chi connectivity index (χ2v) is 10.7. The molecule has 0 unspecified atom stereocenters. The predicted octanol–water partition coefficient (Wildman–Crippen LogP) is 6.54. The Morgan fingerprint density at radius 1 is 0.600 bits per heavy atom. The molecule has 0 saturated heterocycles. The first-order chi connectivity index (χ1) is 22.1. The van der Waals surface area contributed by atoms with Gasteiger partial charge in [-0.15, -0.1) is 0 Å². The van der Waals surface area contributed by atoms with Crippen LogP contribution in [-0.4, -0.2) is 41.0 Å². The minimum Gasteiger partial charge on any atom is -0.421 e. The number of benzene rings is 3. The number of hydrogen-bond donors (Lipinski definition) is 3. The van der Waals surface area contributed by atoms with Crippen molar-refractivity contribution in [2.24, 2.45) is 0 Å². The number of aromatic nitrogens is 2. The maximum atomic E-state index is 13.5. The summed E-state index contributed by atoms with van der Waals surface area (Å²) in [5.41, 5.74) is 5.26. The third-order valence-corrected chi connectivity index (χ3v) is 7.18. The van der Waals surface area contributed by atoms with Crippen LogP contribution in [0, 0.1) is 11.6 Å². The molecule has 2 heterocycles. The van der Waals surface area contributed by atoms with Crippen LogP contribution in [0.3, 0.4) is 0 Å². The molecule has 5 rings (SSSR count). The van der Waals surface area contributed by atoms with Gasteiger partial charge in [-0.2, -0.15) is 0 Å². The van der Waals surface area contributed by atoms with Crippen LogP contribution in [0.4, 0.5) is 14.5 Å². The van der Waals surface area contributed by atoms with Gasteiger partial charge in [0, 0.05) is 70.7 Å². The summed E-state index contributed by atoms with van der Waals surface area (Å²) in [6.07, 6.45) is 3.43. The van der Waals surface area contributed by atoms with Gasteiger partial charge < -0.3 is 20.7 Å². The minimum atomic E-state index is -0.226. The van der Waals surface area contributed by atoms with Crippen LogP contribution in [0.2, 0.25) is 0 Å². The van der Waals surface area contributed by atoms with E-state index in [1.165, 1.54) is 23.8 Å². The van der Waals surface area contributed by atoms with E-state index in [4.69, 9.17) is 4.74 Å². The normalized spacial score (nSPS) is 11.1. The highest BCUT2D eigenvalue weighted by Gasteiger charge is 2.08. The zero-order valence-corrected chi connectivity index (χ0v) is 25.1. The summed E-state index contributed by atoms with van der Waals surface area (Å²) in [7, 11) is 0. The third kappa shape index (κ3) is 11.1. The van der Waals surface area contributed by atoms with Gasteiger partial charge in [0.1, 0.15) is 11.6 Å². The molecule has 0 aliphatic heterocycles. The van der Waals surface area contributed by atoms with Gasteiger partial charge in [-0.25, -0.2) is 18.7 Å². The highest BCUT2D eigenvalue weighted by atomic mass is 19.1. The van der Waals surface area contributed by atoms with Crippen molar-refractivity contribution >= 4 is 5.69 Å². The quantitative estimate of drug-likeness (QED) is 0.104. The molecule has 0 bridgehead atoms. The number of nitrogens with zero attached hydrogens (tertiary/aromatic N) is 3. The molecule has 9 heteroatoms. The lowest BCUT2D eigenvalue weighted by Gasteiger charge is -2.23. The van der Waals surface area contributed by atoms with Crippen LogP contribution in [0.25, 0.3) is 0 Å². The van der Waals surface area contributed by atoms with Gasteiger partial charge >= 0.3 is 0 Å². The summed E-state index contributed by atoms with van der Waals surface area (Å²) in [5.74, 6) is 0.548. The number of hydrogen-bond acceptors (Lipinski definition) is 7. The first-order valence-corrected chi connectivity index (χ1v) is 15.1. The number of halogens is 2. The van der Waals surface area contributed by atoms with Crippen LogP contribution in [0.15, 0.2) is 116 Å². The second-order valence-electron chi connectivity index (χ2n) is 10.7. The van der Waals surface area contributed by atoms with Gasteiger partial charge in [-0.3, -0.25) is 4.90 Å². The topological polar surface area (TPSA) is 74.3 Å². The van der Waals surface area contributed by atoms with E-state index in [0.29, 0.717) is 31.4 Å². The summed E-state index contributed by atoms with van der Waals surface area (Å²) < 4.78 is 32.4. The van der Waals surface area contributed by atoms with Crippen molar-refractivity contribution in [3.8, 4) is 11.8 Å². The molecule has 0 aliphatic rings. The average Bonchev–Trinajstić information content (AvgIpc) is 3.06. The molecule has 0 radical (unpaired) electrons. The Kier molecular flexibility index (Phi) is 12.0. The highest BCUT2D eigenvalue weighted by molar-refractivity contribution is 5.43. The fraction of sp³-hybridized carbons (Fsp3) is 0.222. The van der Waals surface area contributed by atoms with Crippen molar-refractivity contribution in [1.82, 2.24) is 25.5 Å². The molecule has 0 atom stereocenters. The molecule has 0 fully saturated rings. The van der Waals surface area contributed by atoms with E-state index in [2.05, 4.69) is 55.1 Å². The summed E-state index contributed by atoms with van der Waals surface area (Å²) in [6, 6.07) is 31.1. The van der Waals surface area contributed by atoms with E-state index in [9.17, 15) is 8.78 Å². The molecule has 2 aromatic heterocycles. The van der Waals surface area contributed by atoms with Crippen molar-refractivity contribution in [3.05, 3.63) is 149 Å². The zero-order valence-electron chi connectivity index (χ0n) is 25.1. The molecular formula is C36H38F2N6O.